The van der Waals surface area contributed by atoms with Crippen molar-refractivity contribution in [3.05, 3.63) is 29.8 Å². The van der Waals surface area contributed by atoms with Gasteiger partial charge < -0.3 is 5.11 Å². The van der Waals surface area contributed by atoms with Crippen molar-refractivity contribution >= 4 is 17.7 Å². The summed E-state index contributed by atoms with van der Waals surface area (Å²) < 4.78 is 0. The van der Waals surface area contributed by atoms with Crippen molar-refractivity contribution in [1.29, 1.82) is 0 Å². The molecule has 0 radical (unpaired) electrons. The van der Waals surface area contributed by atoms with Crippen LogP contribution in [0, 0.1) is 0 Å². The van der Waals surface area contributed by atoms with E-state index in [4.69, 9.17) is 5.11 Å². The van der Waals surface area contributed by atoms with Gasteiger partial charge in [0.1, 0.15) is 0 Å². The smallest absolute Gasteiger partial charge is 0.331 e. The Labute approximate surface area is 107 Å². The van der Waals surface area contributed by atoms with Crippen molar-refractivity contribution in [2.24, 2.45) is 0 Å². The Bertz CT molecular complexity index is 381. The SMILES string of the molecule is CNC(Sc1ccc(C(C)(C)C)cc1)C(=O)O. The minimum atomic E-state index is -0.850. The van der Waals surface area contributed by atoms with E-state index in [0.29, 0.717) is 0 Å². The second-order valence-corrected chi connectivity index (χ2v) is 6.08. The average Bonchev–Trinajstić information content (AvgIpc) is 2.25. The van der Waals surface area contributed by atoms with Gasteiger partial charge in [-0.25, -0.2) is 4.79 Å². The molecule has 0 bridgehead atoms. The Balaban J connectivity index is 2.78. The molecule has 0 amide bonds. The Morgan fingerprint density at radius 1 is 1.29 bits per heavy atom. The topological polar surface area (TPSA) is 49.3 Å². The van der Waals surface area contributed by atoms with Crippen molar-refractivity contribution in [2.45, 2.75) is 36.5 Å². The van der Waals surface area contributed by atoms with E-state index in [1.807, 2.05) is 12.1 Å². The molecule has 0 aliphatic rings. The highest BCUT2D eigenvalue weighted by Crippen LogP contribution is 2.27. The zero-order valence-electron chi connectivity index (χ0n) is 10.7. The first-order chi connectivity index (χ1) is 7.84. The number of benzene rings is 1. The molecule has 1 rings (SSSR count). The largest absolute Gasteiger partial charge is 0.479 e. The molecule has 1 unspecified atom stereocenters. The van der Waals surface area contributed by atoms with E-state index in [9.17, 15) is 4.79 Å². The first-order valence-electron chi connectivity index (χ1n) is 5.52. The van der Waals surface area contributed by atoms with E-state index in [1.165, 1.54) is 17.3 Å². The van der Waals surface area contributed by atoms with Crippen LogP contribution in [0.2, 0.25) is 0 Å². The van der Waals surface area contributed by atoms with E-state index >= 15 is 0 Å². The van der Waals surface area contributed by atoms with E-state index in [1.54, 1.807) is 7.05 Å². The number of carbonyl (C=O) groups is 1. The van der Waals surface area contributed by atoms with Crippen molar-refractivity contribution in [3.63, 3.8) is 0 Å². The molecule has 4 heteroatoms. The zero-order chi connectivity index (χ0) is 13.1. The molecule has 17 heavy (non-hydrogen) atoms. The lowest BCUT2D eigenvalue weighted by atomic mass is 9.87. The van der Waals surface area contributed by atoms with Gasteiger partial charge in [-0.05, 0) is 30.2 Å². The minimum absolute atomic E-state index is 0.123. The van der Waals surface area contributed by atoms with Crippen LogP contribution in [0.1, 0.15) is 26.3 Å². The molecule has 0 aliphatic carbocycles. The van der Waals surface area contributed by atoms with Crippen molar-refractivity contribution < 1.29 is 9.90 Å². The van der Waals surface area contributed by atoms with Gasteiger partial charge in [0.2, 0.25) is 0 Å². The number of thioether (sulfide) groups is 1. The van der Waals surface area contributed by atoms with Gasteiger partial charge in [-0.2, -0.15) is 0 Å². The van der Waals surface area contributed by atoms with Crippen LogP contribution in [-0.2, 0) is 10.2 Å². The second-order valence-electron chi connectivity index (χ2n) is 4.90. The minimum Gasteiger partial charge on any atom is -0.479 e. The number of carboxylic acids is 1. The number of rotatable bonds is 4. The lowest BCUT2D eigenvalue weighted by Crippen LogP contribution is -2.30. The molecule has 3 nitrogen and oxygen atoms in total. The van der Waals surface area contributed by atoms with Gasteiger partial charge in [0.15, 0.2) is 5.37 Å². The van der Waals surface area contributed by atoms with Gasteiger partial charge >= 0.3 is 5.97 Å². The van der Waals surface area contributed by atoms with E-state index < -0.39 is 11.3 Å². The first-order valence-corrected chi connectivity index (χ1v) is 6.40. The Kier molecular flexibility index (Phi) is 4.60. The van der Waals surface area contributed by atoms with Crippen LogP contribution in [0.15, 0.2) is 29.2 Å². The number of hydrogen-bond acceptors (Lipinski definition) is 3. The predicted molar refractivity (Wildman–Crippen MR) is 71.5 cm³/mol. The summed E-state index contributed by atoms with van der Waals surface area (Å²) in [5, 5.41) is 11.1. The Morgan fingerprint density at radius 2 is 1.82 bits per heavy atom. The number of nitrogens with one attached hydrogen (secondary N) is 1. The predicted octanol–water partition coefficient (Wildman–Crippen LogP) is 2.71. The van der Waals surface area contributed by atoms with Crippen LogP contribution < -0.4 is 5.32 Å². The third kappa shape index (κ3) is 4.06. The number of hydrogen-bond donors (Lipinski definition) is 2. The summed E-state index contributed by atoms with van der Waals surface area (Å²) in [5.74, 6) is -0.850. The van der Waals surface area contributed by atoms with Gasteiger partial charge in [-0.1, -0.05) is 44.7 Å². The molecule has 1 aromatic rings. The third-order valence-corrected chi connectivity index (χ3v) is 3.68. The molecule has 0 heterocycles. The molecule has 94 valence electrons. The van der Waals surface area contributed by atoms with E-state index in [-0.39, 0.29) is 5.41 Å². The molecule has 2 N–H and O–H groups in total. The molecular formula is C13H19NO2S. The lowest BCUT2D eigenvalue weighted by Gasteiger charge is -2.19. The van der Waals surface area contributed by atoms with Crippen LogP contribution >= 0.6 is 11.8 Å². The fourth-order valence-corrected chi connectivity index (χ4v) is 2.19. The fourth-order valence-electron chi connectivity index (χ4n) is 1.40. The van der Waals surface area contributed by atoms with Gasteiger partial charge in [-0.3, -0.25) is 5.32 Å². The van der Waals surface area contributed by atoms with Crippen LogP contribution in [0.25, 0.3) is 0 Å². The van der Waals surface area contributed by atoms with Crippen molar-refractivity contribution in [3.8, 4) is 0 Å². The van der Waals surface area contributed by atoms with Crippen molar-refractivity contribution in [1.82, 2.24) is 5.32 Å². The molecule has 1 aromatic carbocycles. The Morgan fingerprint density at radius 3 is 2.18 bits per heavy atom. The molecule has 1 atom stereocenters. The zero-order valence-corrected chi connectivity index (χ0v) is 11.5. The molecule has 0 aliphatic heterocycles. The second kappa shape index (κ2) is 5.56. The maximum absolute atomic E-state index is 10.9. The van der Waals surface area contributed by atoms with E-state index in [2.05, 4.69) is 38.2 Å². The summed E-state index contributed by atoms with van der Waals surface area (Å²) in [6.45, 7) is 6.47. The van der Waals surface area contributed by atoms with Gasteiger partial charge in [-0.15, -0.1) is 0 Å². The van der Waals surface area contributed by atoms with Crippen molar-refractivity contribution in [2.75, 3.05) is 7.05 Å². The lowest BCUT2D eigenvalue weighted by molar-refractivity contribution is -0.136. The summed E-state index contributed by atoms with van der Waals surface area (Å²) in [7, 11) is 1.65. The molecular weight excluding hydrogens is 234 g/mol. The van der Waals surface area contributed by atoms with Crippen LogP contribution in [0.4, 0.5) is 0 Å². The van der Waals surface area contributed by atoms with Crippen LogP contribution in [0.3, 0.4) is 0 Å². The van der Waals surface area contributed by atoms with Crippen LogP contribution in [0.5, 0.6) is 0 Å². The maximum Gasteiger partial charge on any atom is 0.331 e. The first kappa shape index (κ1) is 14.1. The molecule has 0 spiro atoms. The third-order valence-electron chi connectivity index (χ3n) is 2.46. The normalized spacial score (nSPS) is 13.4. The highest BCUT2D eigenvalue weighted by atomic mass is 32.2. The monoisotopic (exact) mass is 253 g/mol. The number of aliphatic carboxylic acids is 1. The standard InChI is InChI=1S/C13H19NO2S/c1-13(2,3)9-5-7-10(8-6-9)17-11(14-4)12(15)16/h5-8,11,14H,1-4H3,(H,15,16). The highest BCUT2D eigenvalue weighted by molar-refractivity contribution is 8.00. The van der Waals surface area contributed by atoms with Gasteiger partial charge in [0.05, 0.1) is 0 Å². The van der Waals surface area contributed by atoms with E-state index in [0.717, 1.165) is 4.90 Å². The number of carboxylic acid groups (broad SMARTS) is 1. The molecule has 0 aromatic heterocycles. The fraction of sp³-hybridized carbons (Fsp3) is 0.462. The Hall–Kier alpha value is -1.00. The molecule has 0 fully saturated rings. The summed E-state index contributed by atoms with van der Waals surface area (Å²) in [6.07, 6.45) is 0. The highest BCUT2D eigenvalue weighted by Gasteiger charge is 2.17. The van der Waals surface area contributed by atoms with Gasteiger partial charge in [0.25, 0.3) is 0 Å². The summed E-state index contributed by atoms with van der Waals surface area (Å²) in [6, 6.07) is 8.05. The molecule has 0 saturated heterocycles. The summed E-state index contributed by atoms with van der Waals surface area (Å²) in [4.78, 5) is 11.8. The number of likely N-dealkylation sites (N-methyl/N-ethyl adjacent to an activating group) is 1. The van der Waals surface area contributed by atoms with Gasteiger partial charge in [0, 0.05) is 4.90 Å². The summed E-state index contributed by atoms with van der Waals surface area (Å²) in [5.41, 5.74) is 1.37. The average molecular weight is 253 g/mol. The van der Waals surface area contributed by atoms with Crippen LogP contribution in [-0.4, -0.2) is 23.5 Å². The molecule has 0 saturated carbocycles. The quantitative estimate of drug-likeness (QED) is 0.640. The maximum atomic E-state index is 10.9. The summed E-state index contributed by atoms with van der Waals surface area (Å²) >= 11 is 1.31.